The maximum Gasteiger partial charge on any atom is 0.243 e. The molecule has 0 aliphatic carbocycles. The normalized spacial score (nSPS) is 16.0. The monoisotopic (exact) mass is 454 g/mol. The fraction of sp³-hybridized carbons (Fsp3) is 0.250. The van der Waals surface area contributed by atoms with Gasteiger partial charge < -0.3 is 15.5 Å². The minimum absolute atomic E-state index is 0.189. The molecule has 0 aromatic heterocycles. The molecule has 1 heterocycles. The SMILES string of the molecule is Cc1ccc(CC(=O)NC(C)C(=O)N[C@@H]2CN(C)c3ccccc3C(c3ccccc3)=N2)cc1. The highest BCUT2D eigenvalue weighted by Crippen LogP contribution is 2.26. The van der Waals surface area contributed by atoms with Gasteiger partial charge in [0.25, 0.3) is 0 Å². The molecular formula is C28H30N4O2. The molecule has 3 aromatic rings. The van der Waals surface area contributed by atoms with E-state index in [9.17, 15) is 9.59 Å². The lowest BCUT2D eigenvalue weighted by molar-refractivity contribution is -0.128. The Labute approximate surface area is 200 Å². The molecule has 3 aromatic carbocycles. The van der Waals surface area contributed by atoms with Gasteiger partial charge in [-0.15, -0.1) is 0 Å². The average molecular weight is 455 g/mol. The summed E-state index contributed by atoms with van der Waals surface area (Å²) in [4.78, 5) is 32.5. The van der Waals surface area contributed by atoms with Crippen LogP contribution in [0.25, 0.3) is 0 Å². The number of rotatable bonds is 6. The van der Waals surface area contributed by atoms with Gasteiger partial charge in [0.2, 0.25) is 11.8 Å². The molecular weight excluding hydrogens is 424 g/mol. The number of hydrogen-bond acceptors (Lipinski definition) is 4. The Morgan fingerprint density at radius 2 is 1.68 bits per heavy atom. The zero-order valence-corrected chi connectivity index (χ0v) is 19.8. The lowest BCUT2D eigenvalue weighted by atomic mass is 10.0. The van der Waals surface area contributed by atoms with Gasteiger partial charge in [-0.1, -0.05) is 78.4 Å². The van der Waals surface area contributed by atoms with E-state index in [0.29, 0.717) is 6.54 Å². The quantitative estimate of drug-likeness (QED) is 0.599. The number of aliphatic imine (C=N–C) groups is 1. The van der Waals surface area contributed by atoms with E-state index in [1.165, 1.54) is 0 Å². The third-order valence-electron chi connectivity index (χ3n) is 5.91. The van der Waals surface area contributed by atoms with Gasteiger partial charge in [0.05, 0.1) is 18.7 Å². The van der Waals surface area contributed by atoms with Crippen LogP contribution in [-0.4, -0.2) is 43.3 Å². The maximum atomic E-state index is 13.0. The minimum Gasteiger partial charge on any atom is -0.370 e. The standard InChI is InChI=1S/C28H30N4O2/c1-19-13-15-21(16-14-19)17-26(33)29-20(2)28(34)31-25-18-32(3)24-12-8-7-11-23(24)27(30-25)22-9-5-4-6-10-22/h4-16,20,25H,17-18H2,1-3H3,(H,29,33)(H,31,34)/t20?,25-/m1/s1. The van der Waals surface area contributed by atoms with Crippen molar-refractivity contribution in [1.82, 2.24) is 10.6 Å². The van der Waals surface area contributed by atoms with Crippen molar-refractivity contribution < 1.29 is 9.59 Å². The molecule has 2 amide bonds. The number of hydrogen-bond donors (Lipinski definition) is 2. The van der Waals surface area contributed by atoms with Gasteiger partial charge >= 0.3 is 0 Å². The Morgan fingerprint density at radius 1 is 1.00 bits per heavy atom. The molecule has 6 heteroatoms. The molecule has 6 nitrogen and oxygen atoms in total. The molecule has 0 saturated carbocycles. The topological polar surface area (TPSA) is 73.8 Å². The number of para-hydroxylation sites is 1. The summed E-state index contributed by atoms with van der Waals surface area (Å²) in [6.45, 7) is 4.22. The number of anilines is 1. The molecule has 1 aliphatic heterocycles. The smallest absolute Gasteiger partial charge is 0.243 e. The zero-order valence-electron chi connectivity index (χ0n) is 19.8. The van der Waals surface area contributed by atoms with Crippen molar-refractivity contribution in [3.63, 3.8) is 0 Å². The first-order chi connectivity index (χ1) is 16.4. The van der Waals surface area contributed by atoms with E-state index in [1.54, 1.807) is 6.92 Å². The summed E-state index contributed by atoms with van der Waals surface area (Å²) in [5.41, 5.74) is 5.96. The van der Waals surface area contributed by atoms with Gasteiger partial charge in [0.15, 0.2) is 0 Å². The summed E-state index contributed by atoms with van der Waals surface area (Å²) in [5.74, 6) is -0.455. The van der Waals surface area contributed by atoms with E-state index in [2.05, 4.69) is 27.7 Å². The third kappa shape index (κ3) is 5.52. The lowest BCUT2D eigenvalue weighted by Gasteiger charge is -2.24. The molecule has 4 rings (SSSR count). The van der Waals surface area contributed by atoms with Crippen molar-refractivity contribution in [2.75, 3.05) is 18.5 Å². The van der Waals surface area contributed by atoms with Crippen LogP contribution in [0.1, 0.15) is 29.2 Å². The molecule has 0 bridgehead atoms. The van der Waals surface area contributed by atoms with Crippen LogP contribution in [0.2, 0.25) is 0 Å². The van der Waals surface area contributed by atoms with Crippen molar-refractivity contribution in [2.24, 2.45) is 4.99 Å². The Kier molecular flexibility index (Phi) is 7.07. The second-order valence-electron chi connectivity index (χ2n) is 8.72. The first-order valence-corrected chi connectivity index (χ1v) is 11.5. The Hall–Kier alpha value is -3.93. The van der Waals surface area contributed by atoms with E-state index < -0.39 is 12.2 Å². The molecule has 1 unspecified atom stereocenters. The molecule has 174 valence electrons. The molecule has 2 atom stereocenters. The van der Waals surface area contributed by atoms with E-state index >= 15 is 0 Å². The van der Waals surface area contributed by atoms with Crippen LogP contribution < -0.4 is 15.5 Å². The first-order valence-electron chi connectivity index (χ1n) is 11.5. The number of carbonyl (C=O) groups excluding carboxylic acids is 2. The number of nitrogens with zero attached hydrogens (tertiary/aromatic N) is 2. The number of benzene rings is 3. The lowest BCUT2D eigenvalue weighted by Crippen LogP contribution is -2.50. The van der Waals surface area contributed by atoms with Crippen molar-refractivity contribution >= 4 is 23.2 Å². The largest absolute Gasteiger partial charge is 0.370 e. The number of aryl methyl sites for hydroxylation is 1. The second-order valence-corrected chi connectivity index (χ2v) is 8.72. The Balaban J connectivity index is 1.48. The number of nitrogens with one attached hydrogen (secondary N) is 2. The van der Waals surface area contributed by atoms with Gasteiger partial charge in [-0.3, -0.25) is 14.6 Å². The van der Waals surface area contributed by atoms with Gasteiger partial charge in [-0.25, -0.2) is 0 Å². The Morgan fingerprint density at radius 3 is 2.41 bits per heavy atom. The van der Waals surface area contributed by atoms with Crippen LogP contribution in [0.4, 0.5) is 5.69 Å². The van der Waals surface area contributed by atoms with Crippen LogP contribution >= 0.6 is 0 Å². The highest BCUT2D eigenvalue weighted by atomic mass is 16.2. The summed E-state index contributed by atoms with van der Waals surface area (Å²) in [6.07, 6.45) is -0.230. The van der Waals surface area contributed by atoms with Crippen molar-refractivity contribution in [2.45, 2.75) is 32.5 Å². The number of carbonyl (C=O) groups is 2. The van der Waals surface area contributed by atoms with Gasteiger partial charge in [-0.2, -0.15) is 0 Å². The number of amides is 2. The summed E-state index contributed by atoms with van der Waals surface area (Å²) in [7, 11) is 1.99. The average Bonchev–Trinajstić information content (AvgIpc) is 2.97. The van der Waals surface area contributed by atoms with E-state index in [4.69, 9.17) is 4.99 Å². The number of fused-ring (bicyclic) bond motifs is 1. The Bertz CT molecular complexity index is 1190. The molecule has 2 N–H and O–H groups in total. The van der Waals surface area contributed by atoms with E-state index in [1.807, 2.05) is 80.7 Å². The molecule has 0 saturated heterocycles. The van der Waals surface area contributed by atoms with E-state index in [-0.39, 0.29) is 18.2 Å². The highest BCUT2D eigenvalue weighted by Gasteiger charge is 2.25. The molecule has 34 heavy (non-hydrogen) atoms. The summed E-state index contributed by atoms with van der Waals surface area (Å²) < 4.78 is 0. The fourth-order valence-electron chi connectivity index (χ4n) is 4.07. The summed E-state index contributed by atoms with van der Waals surface area (Å²) in [6, 6.07) is 25.2. The predicted octanol–water partition coefficient (Wildman–Crippen LogP) is 3.47. The predicted molar refractivity (Wildman–Crippen MR) is 136 cm³/mol. The van der Waals surface area contributed by atoms with Crippen LogP contribution in [0.15, 0.2) is 83.9 Å². The van der Waals surface area contributed by atoms with Gasteiger partial charge in [0, 0.05) is 23.9 Å². The summed E-state index contributed by atoms with van der Waals surface area (Å²) >= 11 is 0. The molecule has 0 fully saturated rings. The van der Waals surface area contributed by atoms with Gasteiger partial charge in [0.1, 0.15) is 12.2 Å². The summed E-state index contributed by atoms with van der Waals surface area (Å²) in [5, 5.41) is 5.82. The zero-order chi connectivity index (χ0) is 24.1. The third-order valence-corrected chi connectivity index (χ3v) is 5.91. The highest BCUT2D eigenvalue weighted by molar-refractivity contribution is 6.16. The number of benzodiazepines with no additional fused rings is 1. The van der Waals surface area contributed by atoms with Gasteiger partial charge in [-0.05, 0) is 25.5 Å². The van der Waals surface area contributed by atoms with Crippen LogP contribution in [0, 0.1) is 6.92 Å². The van der Waals surface area contributed by atoms with Crippen molar-refractivity contribution in [1.29, 1.82) is 0 Å². The second kappa shape index (κ2) is 10.3. The molecule has 1 aliphatic rings. The van der Waals surface area contributed by atoms with Crippen molar-refractivity contribution in [3.05, 3.63) is 101 Å². The van der Waals surface area contributed by atoms with Crippen LogP contribution in [0.5, 0.6) is 0 Å². The first kappa shape index (κ1) is 23.2. The number of likely N-dealkylation sites (N-methyl/N-ethyl adjacent to an activating group) is 1. The van der Waals surface area contributed by atoms with Crippen LogP contribution in [-0.2, 0) is 16.0 Å². The fourth-order valence-corrected chi connectivity index (χ4v) is 4.07. The van der Waals surface area contributed by atoms with Crippen LogP contribution in [0.3, 0.4) is 0 Å². The van der Waals surface area contributed by atoms with E-state index in [0.717, 1.165) is 33.7 Å². The van der Waals surface area contributed by atoms with Crippen molar-refractivity contribution in [3.8, 4) is 0 Å². The maximum absolute atomic E-state index is 13.0. The minimum atomic E-state index is -0.677. The molecule has 0 spiro atoms. The molecule has 0 radical (unpaired) electrons.